The number of carbonyl (C=O) groups excluding carboxylic acids is 2. The average molecular weight is 417 g/mol. The minimum absolute atomic E-state index is 0.0679. The van der Waals surface area contributed by atoms with Crippen LogP contribution in [0.3, 0.4) is 0 Å². The summed E-state index contributed by atoms with van der Waals surface area (Å²) in [6.07, 6.45) is 10.6. The number of allylic oxidation sites excluding steroid dienone is 2. The van der Waals surface area contributed by atoms with Crippen LogP contribution >= 0.6 is 11.3 Å². The number of fused-ring (bicyclic) bond motifs is 3. The van der Waals surface area contributed by atoms with Crippen LogP contribution in [0.25, 0.3) is 0 Å². The van der Waals surface area contributed by atoms with Crippen molar-refractivity contribution < 1.29 is 19.5 Å². The van der Waals surface area contributed by atoms with Gasteiger partial charge in [-0.05, 0) is 55.4 Å². The molecule has 1 fully saturated rings. The molecule has 4 aliphatic rings. The topological polar surface area (TPSA) is 109 Å². The highest BCUT2D eigenvalue weighted by molar-refractivity contribution is 7.17. The molecular formula is C22H28N2O4S. The van der Waals surface area contributed by atoms with Crippen molar-refractivity contribution in [2.75, 3.05) is 5.32 Å². The molecule has 1 aromatic heterocycles. The molecule has 2 bridgehead atoms. The van der Waals surface area contributed by atoms with E-state index in [1.165, 1.54) is 11.3 Å². The summed E-state index contributed by atoms with van der Waals surface area (Å²) in [5.41, 5.74) is 7.08. The van der Waals surface area contributed by atoms with Crippen molar-refractivity contribution in [3.8, 4) is 0 Å². The molecule has 4 aliphatic carbocycles. The zero-order chi connectivity index (χ0) is 20.7. The second-order valence-electron chi connectivity index (χ2n) is 8.64. The number of primary amides is 1. The Morgan fingerprint density at radius 1 is 1.17 bits per heavy atom. The molecule has 0 aromatic carbocycles. The summed E-state index contributed by atoms with van der Waals surface area (Å²) in [6.45, 7) is 2.18. The van der Waals surface area contributed by atoms with E-state index in [4.69, 9.17) is 5.73 Å². The fraction of sp³-hybridized carbons (Fsp3) is 0.591. The molecule has 4 N–H and O–H groups in total. The van der Waals surface area contributed by atoms with Gasteiger partial charge < -0.3 is 16.2 Å². The van der Waals surface area contributed by atoms with Gasteiger partial charge in [0.1, 0.15) is 5.00 Å². The lowest BCUT2D eigenvalue weighted by atomic mass is 9.62. The van der Waals surface area contributed by atoms with Crippen LogP contribution < -0.4 is 11.1 Å². The van der Waals surface area contributed by atoms with E-state index in [-0.39, 0.29) is 17.7 Å². The van der Waals surface area contributed by atoms with Crippen molar-refractivity contribution in [3.05, 3.63) is 28.2 Å². The lowest BCUT2D eigenvalue weighted by Gasteiger charge is -2.41. The van der Waals surface area contributed by atoms with E-state index < -0.39 is 23.7 Å². The highest BCUT2D eigenvalue weighted by Gasteiger charge is 2.48. The normalized spacial score (nSPS) is 30.0. The predicted octanol–water partition coefficient (Wildman–Crippen LogP) is 3.60. The number of anilines is 1. The fourth-order valence-corrected chi connectivity index (χ4v) is 6.91. The summed E-state index contributed by atoms with van der Waals surface area (Å²) < 4.78 is 0. The SMILES string of the molecule is CCC[C@H]1CCc2c(sc(NC(=O)[C@H]3[C@@H](C(=O)O)[C@H]4C=C[C@@H]3CC4)c2C(N)=O)C1. The van der Waals surface area contributed by atoms with Crippen LogP contribution in [0.1, 0.15) is 59.8 Å². The van der Waals surface area contributed by atoms with E-state index in [2.05, 4.69) is 12.2 Å². The van der Waals surface area contributed by atoms with Gasteiger partial charge in [-0.2, -0.15) is 0 Å². The smallest absolute Gasteiger partial charge is 0.307 e. The van der Waals surface area contributed by atoms with E-state index in [1.807, 2.05) is 12.2 Å². The molecule has 156 valence electrons. The Hall–Kier alpha value is -2.15. The van der Waals surface area contributed by atoms with Crippen molar-refractivity contribution in [3.63, 3.8) is 0 Å². The number of nitrogens with one attached hydrogen (secondary N) is 1. The number of carboxylic acids is 1. The first kappa shape index (κ1) is 20.1. The Kier molecular flexibility index (Phi) is 5.51. The summed E-state index contributed by atoms with van der Waals surface area (Å²) in [7, 11) is 0. The van der Waals surface area contributed by atoms with Gasteiger partial charge in [-0.1, -0.05) is 31.9 Å². The number of rotatable bonds is 6. The molecule has 0 saturated heterocycles. The van der Waals surface area contributed by atoms with Crippen LogP contribution in [0.5, 0.6) is 0 Å². The van der Waals surface area contributed by atoms with Gasteiger partial charge in [-0.25, -0.2) is 0 Å². The van der Waals surface area contributed by atoms with Gasteiger partial charge in [0.25, 0.3) is 5.91 Å². The van der Waals surface area contributed by atoms with Crippen LogP contribution in [0.15, 0.2) is 12.2 Å². The Bertz CT molecular complexity index is 874. The zero-order valence-electron chi connectivity index (χ0n) is 16.6. The van der Waals surface area contributed by atoms with Crippen LogP contribution in [0.4, 0.5) is 5.00 Å². The van der Waals surface area contributed by atoms with Gasteiger partial charge in [-0.15, -0.1) is 11.3 Å². The molecule has 0 unspecified atom stereocenters. The molecule has 7 heteroatoms. The molecule has 0 aliphatic heterocycles. The maximum atomic E-state index is 13.2. The first-order chi connectivity index (χ1) is 13.9. The Morgan fingerprint density at radius 2 is 1.86 bits per heavy atom. The molecule has 29 heavy (non-hydrogen) atoms. The molecule has 1 aromatic rings. The van der Waals surface area contributed by atoms with Crippen LogP contribution in [-0.2, 0) is 22.4 Å². The first-order valence-corrected chi connectivity index (χ1v) is 11.4. The zero-order valence-corrected chi connectivity index (χ0v) is 17.5. The molecular weight excluding hydrogens is 388 g/mol. The predicted molar refractivity (Wildman–Crippen MR) is 112 cm³/mol. The van der Waals surface area contributed by atoms with E-state index in [1.54, 1.807) is 0 Å². The van der Waals surface area contributed by atoms with Crippen molar-refractivity contribution >= 4 is 34.1 Å². The number of hydrogen-bond donors (Lipinski definition) is 3. The summed E-state index contributed by atoms with van der Waals surface area (Å²) >= 11 is 1.44. The Morgan fingerprint density at radius 3 is 2.45 bits per heavy atom. The summed E-state index contributed by atoms with van der Waals surface area (Å²) in [5, 5.41) is 13.1. The van der Waals surface area contributed by atoms with Crippen LogP contribution in [0.2, 0.25) is 0 Å². The molecule has 1 saturated carbocycles. The number of thiophene rings is 1. The largest absolute Gasteiger partial charge is 0.481 e. The molecule has 5 atom stereocenters. The minimum Gasteiger partial charge on any atom is -0.481 e. The van der Waals surface area contributed by atoms with Crippen molar-refractivity contribution in [1.82, 2.24) is 0 Å². The van der Waals surface area contributed by atoms with Gasteiger partial charge in [0.2, 0.25) is 5.91 Å². The Balaban J connectivity index is 1.61. The standard InChI is InChI=1S/C22H28N2O4S/c1-2-3-11-4-9-14-15(10-11)29-21(18(14)19(23)25)24-20(26)16-12-5-7-13(8-6-12)17(16)22(27)28/h5,7,11-13,16-17H,2-4,6,8-10H2,1H3,(H2,23,25)(H,24,26)(H,27,28)/t11-,12+,13-,16+,17-/m0/s1. The second kappa shape index (κ2) is 7.94. The molecule has 0 spiro atoms. The number of amides is 2. The third kappa shape index (κ3) is 3.61. The fourth-order valence-electron chi connectivity index (χ4n) is 5.54. The summed E-state index contributed by atoms with van der Waals surface area (Å²) in [6, 6.07) is 0. The molecule has 5 rings (SSSR count). The molecule has 2 amide bonds. The number of carbonyl (C=O) groups is 3. The quantitative estimate of drug-likeness (QED) is 0.615. The highest BCUT2D eigenvalue weighted by Crippen LogP contribution is 2.46. The van der Waals surface area contributed by atoms with Gasteiger partial charge in [0.05, 0.1) is 17.4 Å². The highest BCUT2D eigenvalue weighted by atomic mass is 32.1. The lowest BCUT2D eigenvalue weighted by molar-refractivity contribution is -0.151. The van der Waals surface area contributed by atoms with E-state index in [0.717, 1.165) is 55.4 Å². The van der Waals surface area contributed by atoms with E-state index >= 15 is 0 Å². The Labute approximate surface area is 174 Å². The molecule has 6 nitrogen and oxygen atoms in total. The lowest BCUT2D eigenvalue weighted by Crippen LogP contribution is -2.47. The third-order valence-corrected chi connectivity index (χ3v) is 8.05. The van der Waals surface area contributed by atoms with Crippen molar-refractivity contribution in [2.45, 2.75) is 51.9 Å². The number of carboxylic acid groups (broad SMARTS) is 1. The van der Waals surface area contributed by atoms with Gasteiger partial charge in [0, 0.05) is 4.88 Å². The van der Waals surface area contributed by atoms with E-state index in [9.17, 15) is 19.5 Å². The van der Waals surface area contributed by atoms with E-state index in [0.29, 0.717) is 16.5 Å². The average Bonchev–Trinajstić information content (AvgIpc) is 3.05. The maximum absolute atomic E-state index is 13.2. The number of aliphatic carboxylic acids is 1. The van der Waals surface area contributed by atoms with Crippen LogP contribution in [0, 0.1) is 29.6 Å². The third-order valence-electron chi connectivity index (χ3n) is 6.88. The van der Waals surface area contributed by atoms with Crippen LogP contribution in [-0.4, -0.2) is 22.9 Å². The van der Waals surface area contributed by atoms with Gasteiger partial charge in [0.15, 0.2) is 0 Å². The van der Waals surface area contributed by atoms with Gasteiger partial charge in [-0.3, -0.25) is 14.4 Å². The molecule has 0 radical (unpaired) electrons. The summed E-state index contributed by atoms with van der Waals surface area (Å²) in [5.74, 6) is -2.63. The number of nitrogens with two attached hydrogens (primary N) is 1. The van der Waals surface area contributed by atoms with Gasteiger partial charge >= 0.3 is 5.97 Å². The first-order valence-electron chi connectivity index (χ1n) is 10.6. The van der Waals surface area contributed by atoms with Crippen molar-refractivity contribution in [2.24, 2.45) is 35.3 Å². The maximum Gasteiger partial charge on any atom is 0.307 e. The molecule has 1 heterocycles. The second-order valence-corrected chi connectivity index (χ2v) is 9.74. The van der Waals surface area contributed by atoms with Crippen molar-refractivity contribution in [1.29, 1.82) is 0 Å². The minimum atomic E-state index is -0.924. The summed E-state index contributed by atoms with van der Waals surface area (Å²) in [4.78, 5) is 38.4. The monoisotopic (exact) mass is 416 g/mol. The number of hydrogen-bond acceptors (Lipinski definition) is 4.